The Balaban J connectivity index is 2.63. The molecule has 0 saturated carbocycles. The van der Waals surface area contributed by atoms with Gasteiger partial charge in [0.1, 0.15) is 11.7 Å². The van der Waals surface area contributed by atoms with Crippen molar-refractivity contribution in [3.63, 3.8) is 0 Å². The van der Waals surface area contributed by atoms with E-state index in [1.54, 1.807) is 0 Å². The monoisotopic (exact) mass is 380 g/mol. The molecule has 10 heteroatoms. The first-order chi connectivity index (χ1) is 12.3. The highest BCUT2D eigenvalue weighted by molar-refractivity contribution is 5.89. The minimum Gasteiger partial charge on any atom is -0.499 e. The molecule has 1 aliphatic rings. The van der Waals surface area contributed by atoms with Gasteiger partial charge in [0.25, 0.3) is 0 Å². The fourth-order valence-electron chi connectivity index (χ4n) is 2.19. The Labute approximate surface area is 151 Å². The lowest BCUT2D eigenvalue weighted by atomic mass is 10.00. The minimum absolute atomic E-state index is 0.0420. The van der Waals surface area contributed by atoms with Crippen molar-refractivity contribution in [2.45, 2.75) is 57.0 Å². The van der Waals surface area contributed by atoms with Gasteiger partial charge in [-0.25, -0.2) is 4.79 Å². The van der Waals surface area contributed by atoms with Crippen molar-refractivity contribution in [3.05, 3.63) is 11.5 Å². The summed E-state index contributed by atoms with van der Waals surface area (Å²) in [6, 6.07) is 0. The quantitative estimate of drug-likeness (QED) is 0.120. The number of carbonyl (C=O) groups is 1. The van der Waals surface area contributed by atoms with Crippen molar-refractivity contribution in [2.24, 2.45) is 0 Å². The summed E-state index contributed by atoms with van der Waals surface area (Å²) in [5.74, 6) is -2.58. The standard InChI is InChI=1S/C16H28O10/c1-3-4-5-23-8-10(19)6-16(2,9-18)26-25-14-12(21)15(22)24-13(14)11(20)7-17/h10-11,13,17-21H,3-9H2,1-2H3/t10?,11-,13+,16?/m0/s1. The van der Waals surface area contributed by atoms with Gasteiger partial charge in [0, 0.05) is 13.0 Å². The molecule has 1 heterocycles. The number of rotatable bonds is 13. The number of hydrogen-bond acceptors (Lipinski definition) is 10. The lowest BCUT2D eigenvalue weighted by molar-refractivity contribution is -0.350. The maximum atomic E-state index is 11.4. The van der Waals surface area contributed by atoms with Crippen LogP contribution in [0.5, 0.6) is 0 Å². The van der Waals surface area contributed by atoms with E-state index in [0.29, 0.717) is 6.61 Å². The Bertz CT molecular complexity index is 480. The fourth-order valence-corrected chi connectivity index (χ4v) is 2.19. The van der Waals surface area contributed by atoms with Gasteiger partial charge in [-0.3, -0.25) is 0 Å². The summed E-state index contributed by atoms with van der Waals surface area (Å²) in [7, 11) is 0. The highest BCUT2D eigenvalue weighted by Crippen LogP contribution is 2.28. The predicted octanol–water partition coefficient (Wildman–Crippen LogP) is -0.698. The first kappa shape index (κ1) is 22.6. The molecule has 0 radical (unpaired) electrons. The molecular formula is C16H28O10. The van der Waals surface area contributed by atoms with E-state index in [2.05, 4.69) is 4.74 Å². The average Bonchev–Trinajstić information content (AvgIpc) is 2.91. The molecule has 0 saturated heterocycles. The molecule has 10 nitrogen and oxygen atoms in total. The number of aliphatic hydroxyl groups excluding tert-OH is 5. The Hall–Kier alpha value is -1.43. The van der Waals surface area contributed by atoms with Gasteiger partial charge in [-0.05, 0) is 13.3 Å². The largest absolute Gasteiger partial charge is 0.499 e. The van der Waals surface area contributed by atoms with Crippen molar-refractivity contribution in [1.29, 1.82) is 0 Å². The molecule has 2 unspecified atom stereocenters. The molecule has 5 N–H and O–H groups in total. The topological polar surface area (TPSA) is 155 Å². The average molecular weight is 380 g/mol. The van der Waals surface area contributed by atoms with Gasteiger partial charge in [0.2, 0.25) is 11.5 Å². The van der Waals surface area contributed by atoms with E-state index in [1.165, 1.54) is 6.92 Å². The number of esters is 1. The van der Waals surface area contributed by atoms with Crippen LogP contribution < -0.4 is 0 Å². The molecule has 0 bridgehead atoms. The third-order valence-corrected chi connectivity index (χ3v) is 3.74. The second kappa shape index (κ2) is 10.7. The summed E-state index contributed by atoms with van der Waals surface area (Å²) in [4.78, 5) is 21.4. The SMILES string of the molecule is CCCCOCC(O)CC(C)(CO)OOC1=C(O)C(=O)O[C@@H]1[C@@H](O)CO. The van der Waals surface area contributed by atoms with Crippen LogP contribution >= 0.6 is 0 Å². The second-order valence-electron chi connectivity index (χ2n) is 6.35. The third kappa shape index (κ3) is 6.38. The van der Waals surface area contributed by atoms with Gasteiger partial charge in [-0.15, -0.1) is 0 Å². The molecule has 0 aliphatic carbocycles. The summed E-state index contributed by atoms with van der Waals surface area (Å²) in [5, 5.41) is 47.8. The zero-order valence-electron chi connectivity index (χ0n) is 15.0. The second-order valence-corrected chi connectivity index (χ2v) is 6.35. The van der Waals surface area contributed by atoms with E-state index in [-0.39, 0.29) is 13.0 Å². The van der Waals surface area contributed by atoms with Crippen LogP contribution in [0.3, 0.4) is 0 Å². The van der Waals surface area contributed by atoms with Crippen molar-refractivity contribution in [3.8, 4) is 0 Å². The van der Waals surface area contributed by atoms with E-state index in [9.17, 15) is 25.2 Å². The summed E-state index contributed by atoms with van der Waals surface area (Å²) in [5.41, 5.74) is -1.39. The molecule has 1 aliphatic heterocycles. The first-order valence-electron chi connectivity index (χ1n) is 8.43. The lowest BCUT2D eigenvalue weighted by Crippen LogP contribution is -2.40. The highest BCUT2D eigenvalue weighted by atomic mass is 17.2. The Morgan fingerprint density at radius 1 is 1.31 bits per heavy atom. The van der Waals surface area contributed by atoms with Crippen molar-refractivity contribution in [1.82, 2.24) is 0 Å². The summed E-state index contributed by atoms with van der Waals surface area (Å²) in [6.07, 6.45) is -2.17. The van der Waals surface area contributed by atoms with Crippen LogP contribution in [-0.4, -0.2) is 81.8 Å². The van der Waals surface area contributed by atoms with E-state index in [1.807, 2.05) is 6.92 Å². The minimum atomic E-state index is -1.53. The predicted molar refractivity (Wildman–Crippen MR) is 86.6 cm³/mol. The normalized spacial score (nSPS) is 22.1. The molecule has 0 aromatic heterocycles. The molecule has 152 valence electrons. The summed E-state index contributed by atoms with van der Waals surface area (Å²) >= 11 is 0. The smallest absolute Gasteiger partial charge is 0.378 e. The third-order valence-electron chi connectivity index (χ3n) is 3.74. The Morgan fingerprint density at radius 2 is 2.00 bits per heavy atom. The first-order valence-corrected chi connectivity index (χ1v) is 8.43. The lowest BCUT2D eigenvalue weighted by Gasteiger charge is -2.29. The Kier molecular flexibility index (Phi) is 9.27. The van der Waals surface area contributed by atoms with Gasteiger partial charge in [-0.2, -0.15) is 4.89 Å². The molecule has 0 aromatic carbocycles. The number of aliphatic hydroxyl groups is 5. The van der Waals surface area contributed by atoms with Gasteiger partial charge >= 0.3 is 5.97 Å². The van der Waals surface area contributed by atoms with Crippen LogP contribution in [-0.2, 0) is 24.0 Å². The van der Waals surface area contributed by atoms with Crippen molar-refractivity contribution < 1.29 is 49.6 Å². The van der Waals surface area contributed by atoms with Crippen molar-refractivity contribution >= 4 is 5.97 Å². The summed E-state index contributed by atoms with van der Waals surface area (Å²) < 4.78 is 9.98. The molecule has 0 amide bonds. The number of cyclic esters (lactones) is 1. The zero-order chi connectivity index (χ0) is 19.7. The van der Waals surface area contributed by atoms with Crippen LogP contribution in [0.4, 0.5) is 0 Å². The fraction of sp³-hybridized carbons (Fsp3) is 0.812. The number of unbranched alkanes of at least 4 members (excludes halogenated alkanes) is 1. The zero-order valence-corrected chi connectivity index (χ0v) is 15.0. The van der Waals surface area contributed by atoms with Crippen LogP contribution in [0.15, 0.2) is 11.5 Å². The van der Waals surface area contributed by atoms with Crippen LogP contribution in [0.1, 0.15) is 33.1 Å². The number of carbonyl (C=O) groups excluding carboxylic acids is 1. The van der Waals surface area contributed by atoms with Crippen LogP contribution in [0, 0.1) is 0 Å². The molecule has 26 heavy (non-hydrogen) atoms. The number of ether oxygens (including phenoxy) is 2. The molecule has 1 rings (SSSR count). The maximum Gasteiger partial charge on any atom is 0.378 e. The highest BCUT2D eigenvalue weighted by Gasteiger charge is 2.43. The number of hydrogen-bond donors (Lipinski definition) is 5. The molecule has 4 atom stereocenters. The van der Waals surface area contributed by atoms with Crippen LogP contribution in [0.2, 0.25) is 0 Å². The van der Waals surface area contributed by atoms with Gasteiger partial charge < -0.3 is 39.9 Å². The molecule has 0 fully saturated rings. The van der Waals surface area contributed by atoms with E-state index in [4.69, 9.17) is 19.6 Å². The van der Waals surface area contributed by atoms with Gasteiger partial charge in [0.05, 0.1) is 25.9 Å². The molecule has 0 spiro atoms. The summed E-state index contributed by atoms with van der Waals surface area (Å²) in [6.45, 7) is 2.70. The molecule has 0 aromatic rings. The van der Waals surface area contributed by atoms with Gasteiger partial charge in [-0.1, -0.05) is 13.3 Å². The van der Waals surface area contributed by atoms with E-state index >= 15 is 0 Å². The van der Waals surface area contributed by atoms with Gasteiger partial charge in [0.15, 0.2) is 6.10 Å². The Morgan fingerprint density at radius 3 is 2.58 bits per heavy atom. The molecular weight excluding hydrogens is 352 g/mol. The van der Waals surface area contributed by atoms with Crippen LogP contribution in [0.25, 0.3) is 0 Å². The van der Waals surface area contributed by atoms with E-state index in [0.717, 1.165) is 12.8 Å². The maximum absolute atomic E-state index is 11.4. The van der Waals surface area contributed by atoms with Crippen molar-refractivity contribution in [2.75, 3.05) is 26.4 Å². The van der Waals surface area contributed by atoms with E-state index < -0.39 is 54.6 Å².